The highest BCUT2D eigenvalue weighted by Crippen LogP contribution is 2.65. The maximum Gasteiger partial charge on any atom is 0.0718 e. The fourth-order valence-electron chi connectivity index (χ4n) is 5.14. The molecule has 2 saturated carbocycles. The van der Waals surface area contributed by atoms with Crippen LogP contribution in [-0.2, 0) is 4.74 Å². The lowest BCUT2D eigenvalue weighted by molar-refractivity contribution is -0.0932. The second-order valence-electron chi connectivity index (χ2n) is 7.29. The Bertz CT molecular complexity index is 407. The summed E-state index contributed by atoms with van der Waals surface area (Å²) < 4.78 is 5.76. The fourth-order valence-corrected chi connectivity index (χ4v) is 5.14. The number of ether oxygens (including phenoxy) is 1. The number of hydrogen-bond donors (Lipinski definition) is 2. The van der Waals surface area contributed by atoms with Gasteiger partial charge in [-0.25, -0.2) is 0 Å². The lowest BCUT2D eigenvalue weighted by Gasteiger charge is -2.47. The summed E-state index contributed by atoms with van der Waals surface area (Å²) in [6.07, 6.45) is 1.91. The number of aliphatic hydroxyl groups excluding tert-OH is 2. The summed E-state index contributed by atoms with van der Waals surface area (Å²) in [5.74, 6) is 0.693. The second-order valence-corrected chi connectivity index (χ2v) is 7.29. The molecule has 1 aliphatic heterocycles. The van der Waals surface area contributed by atoms with Crippen molar-refractivity contribution in [3.63, 3.8) is 0 Å². The Hall–Kier alpha value is -0.380. The minimum absolute atomic E-state index is 0.0294. The normalized spacial score (nSPS) is 57.7. The van der Waals surface area contributed by atoms with Crippen molar-refractivity contribution in [3.8, 4) is 0 Å². The summed E-state index contributed by atoms with van der Waals surface area (Å²) >= 11 is 0. The van der Waals surface area contributed by atoms with Crippen LogP contribution >= 0.6 is 0 Å². The van der Waals surface area contributed by atoms with Crippen molar-refractivity contribution in [3.05, 3.63) is 12.2 Å². The average Bonchev–Trinajstić information content (AvgIpc) is 2.74. The van der Waals surface area contributed by atoms with Crippen molar-refractivity contribution in [1.82, 2.24) is 0 Å². The molecule has 0 bridgehead atoms. The zero-order chi connectivity index (χ0) is 14.0. The summed E-state index contributed by atoms with van der Waals surface area (Å²) in [4.78, 5) is 0. The quantitative estimate of drug-likeness (QED) is 0.660. The van der Waals surface area contributed by atoms with E-state index in [1.165, 1.54) is 0 Å². The van der Waals surface area contributed by atoms with Crippen LogP contribution in [0.1, 0.15) is 40.0 Å². The first-order valence-corrected chi connectivity index (χ1v) is 7.49. The Morgan fingerprint density at radius 3 is 2.53 bits per heavy atom. The SMILES string of the molecule is C=C1CO[C@@H](C)[C@]12C[C@@H]1C[C@@H](O)C[C@@H](C)[C@]1(C)[C@H]2O. The maximum absolute atomic E-state index is 11.1. The maximum atomic E-state index is 11.1. The molecule has 0 aromatic rings. The smallest absolute Gasteiger partial charge is 0.0718 e. The van der Waals surface area contributed by atoms with E-state index >= 15 is 0 Å². The van der Waals surface area contributed by atoms with Gasteiger partial charge in [0.25, 0.3) is 0 Å². The van der Waals surface area contributed by atoms with Crippen molar-refractivity contribution in [2.75, 3.05) is 6.61 Å². The molecule has 0 aromatic heterocycles. The van der Waals surface area contributed by atoms with Gasteiger partial charge in [0.05, 0.1) is 24.9 Å². The van der Waals surface area contributed by atoms with Gasteiger partial charge in [0.2, 0.25) is 0 Å². The standard InChI is InChI=1S/C16H26O3/c1-9-5-13(17)6-12-7-16(14(18)15(9,12)4)10(2)8-19-11(16)3/h9,11-14,17-18H,2,5-8H2,1,3-4H3/t9-,11+,12+,13+,14-,15+,16+/m1/s1. The average molecular weight is 266 g/mol. The lowest BCUT2D eigenvalue weighted by atomic mass is 9.60. The predicted octanol–water partition coefficient (Wildman–Crippen LogP) is 2.13. The molecule has 7 atom stereocenters. The van der Waals surface area contributed by atoms with Gasteiger partial charge >= 0.3 is 0 Å². The van der Waals surface area contributed by atoms with E-state index in [0.717, 1.165) is 24.8 Å². The number of hydrogen-bond acceptors (Lipinski definition) is 3. The van der Waals surface area contributed by atoms with E-state index in [2.05, 4.69) is 27.4 Å². The van der Waals surface area contributed by atoms with Gasteiger partial charge in [0.1, 0.15) is 0 Å². The van der Waals surface area contributed by atoms with Crippen LogP contribution in [-0.4, -0.2) is 35.1 Å². The summed E-state index contributed by atoms with van der Waals surface area (Å²) in [7, 11) is 0. The third-order valence-electron chi connectivity index (χ3n) is 6.68. The van der Waals surface area contributed by atoms with Gasteiger partial charge in [-0.05, 0) is 43.6 Å². The van der Waals surface area contributed by atoms with Crippen LogP contribution in [0.5, 0.6) is 0 Å². The molecule has 108 valence electrons. The van der Waals surface area contributed by atoms with E-state index < -0.39 is 6.10 Å². The predicted molar refractivity (Wildman–Crippen MR) is 73.6 cm³/mol. The second kappa shape index (κ2) is 4.06. The van der Waals surface area contributed by atoms with Gasteiger partial charge in [-0.15, -0.1) is 0 Å². The van der Waals surface area contributed by atoms with Crippen molar-refractivity contribution in [2.45, 2.75) is 58.3 Å². The number of aliphatic hydroxyl groups is 2. The van der Waals surface area contributed by atoms with E-state index in [1.807, 2.05) is 0 Å². The van der Waals surface area contributed by atoms with Crippen LogP contribution < -0.4 is 0 Å². The molecule has 0 amide bonds. The Labute approximate surface area is 115 Å². The first kappa shape index (κ1) is 13.6. The molecule has 3 aliphatic rings. The highest BCUT2D eigenvalue weighted by atomic mass is 16.5. The van der Waals surface area contributed by atoms with E-state index in [1.54, 1.807) is 0 Å². The zero-order valence-corrected chi connectivity index (χ0v) is 12.2. The van der Waals surface area contributed by atoms with Crippen molar-refractivity contribution < 1.29 is 14.9 Å². The van der Waals surface area contributed by atoms with Crippen LogP contribution in [0.4, 0.5) is 0 Å². The molecule has 0 unspecified atom stereocenters. The van der Waals surface area contributed by atoms with E-state index in [9.17, 15) is 10.2 Å². The molecule has 3 nitrogen and oxygen atoms in total. The minimum atomic E-state index is -0.405. The molecule has 3 heteroatoms. The Morgan fingerprint density at radius 2 is 1.95 bits per heavy atom. The minimum Gasteiger partial charge on any atom is -0.393 e. The lowest BCUT2D eigenvalue weighted by Crippen LogP contribution is -2.49. The van der Waals surface area contributed by atoms with Crippen LogP contribution in [0, 0.1) is 22.7 Å². The summed E-state index contributed by atoms with van der Waals surface area (Å²) in [5, 5.41) is 21.2. The molecule has 3 rings (SSSR count). The third-order valence-corrected chi connectivity index (χ3v) is 6.68. The number of rotatable bonds is 0. The number of fused-ring (bicyclic) bond motifs is 1. The van der Waals surface area contributed by atoms with E-state index in [4.69, 9.17) is 4.74 Å². The summed E-state index contributed by atoms with van der Waals surface area (Å²) in [5.41, 5.74) is 0.631. The first-order chi connectivity index (χ1) is 8.83. The first-order valence-electron chi connectivity index (χ1n) is 7.49. The molecular formula is C16H26O3. The third kappa shape index (κ3) is 1.50. The van der Waals surface area contributed by atoms with Crippen LogP contribution in [0.2, 0.25) is 0 Å². The van der Waals surface area contributed by atoms with Gasteiger partial charge < -0.3 is 14.9 Å². The Balaban J connectivity index is 2.03. The Kier molecular flexibility index (Phi) is 2.91. The molecule has 0 aromatic carbocycles. The van der Waals surface area contributed by atoms with Gasteiger partial charge in [-0.1, -0.05) is 20.4 Å². The molecule has 3 fully saturated rings. The fraction of sp³-hybridized carbons (Fsp3) is 0.875. The van der Waals surface area contributed by atoms with Gasteiger partial charge in [-0.2, -0.15) is 0 Å². The molecule has 2 aliphatic carbocycles. The van der Waals surface area contributed by atoms with Crippen LogP contribution in [0.25, 0.3) is 0 Å². The topological polar surface area (TPSA) is 49.7 Å². The summed E-state index contributed by atoms with van der Waals surface area (Å²) in [6, 6.07) is 0. The monoisotopic (exact) mass is 266 g/mol. The molecule has 0 radical (unpaired) electrons. The molecule has 19 heavy (non-hydrogen) atoms. The van der Waals surface area contributed by atoms with Gasteiger partial charge in [0, 0.05) is 10.8 Å². The largest absolute Gasteiger partial charge is 0.393 e. The summed E-state index contributed by atoms with van der Waals surface area (Å²) in [6.45, 7) is 11.2. The molecule has 1 saturated heterocycles. The molecule has 1 heterocycles. The van der Waals surface area contributed by atoms with Crippen LogP contribution in [0.3, 0.4) is 0 Å². The Morgan fingerprint density at radius 1 is 1.26 bits per heavy atom. The van der Waals surface area contributed by atoms with E-state index in [-0.39, 0.29) is 23.0 Å². The van der Waals surface area contributed by atoms with Crippen molar-refractivity contribution in [2.24, 2.45) is 22.7 Å². The highest BCUT2D eigenvalue weighted by molar-refractivity contribution is 5.28. The van der Waals surface area contributed by atoms with Gasteiger partial charge in [-0.3, -0.25) is 0 Å². The van der Waals surface area contributed by atoms with Crippen molar-refractivity contribution in [1.29, 1.82) is 0 Å². The molecular weight excluding hydrogens is 240 g/mol. The molecule has 2 N–H and O–H groups in total. The zero-order valence-electron chi connectivity index (χ0n) is 12.2. The highest BCUT2D eigenvalue weighted by Gasteiger charge is 2.67. The van der Waals surface area contributed by atoms with Gasteiger partial charge in [0.15, 0.2) is 0 Å². The van der Waals surface area contributed by atoms with E-state index in [0.29, 0.717) is 18.4 Å². The van der Waals surface area contributed by atoms with Crippen molar-refractivity contribution >= 4 is 0 Å². The molecule has 1 spiro atoms. The van der Waals surface area contributed by atoms with Crippen LogP contribution in [0.15, 0.2) is 12.2 Å².